The first-order chi connectivity index (χ1) is 17.7. The van der Waals surface area contributed by atoms with Crippen molar-refractivity contribution in [3.05, 3.63) is 59.5 Å². The third-order valence-electron chi connectivity index (χ3n) is 5.13. The number of hydrogen-bond acceptors (Lipinski definition) is 8. The number of aryl methyl sites for hydroxylation is 2. The highest BCUT2D eigenvalue weighted by atomic mass is 19.4. The SMILES string of the molecule is COCCCC(=O)c1cn(CCCCc2ccc(NC(=O)Cc3cccc(OC(F)(F)F)c3)nn2)nn1. The molecule has 0 radical (unpaired) electrons. The number of anilines is 1. The third kappa shape index (κ3) is 9.95. The van der Waals surface area contributed by atoms with E-state index in [1.807, 2.05) is 0 Å². The molecule has 0 bridgehead atoms. The quantitative estimate of drug-likeness (QED) is 0.252. The number of methoxy groups -OCH3 is 1. The average Bonchev–Trinajstić information content (AvgIpc) is 3.31. The predicted octanol–water partition coefficient (Wildman–Crippen LogP) is 3.78. The van der Waals surface area contributed by atoms with Gasteiger partial charge in [0.2, 0.25) is 5.91 Å². The molecule has 0 saturated heterocycles. The number of nitrogens with one attached hydrogen (secondary N) is 1. The van der Waals surface area contributed by atoms with E-state index in [0.29, 0.717) is 43.7 Å². The van der Waals surface area contributed by atoms with Crippen LogP contribution in [-0.4, -0.2) is 57.0 Å². The number of aromatic nitrogens is 5. The lowest BCUT2D eigenvalue weighted by molar-refractivity contribution is -0.274. The molecule has 0 unspecified atom stereocenters. The fourth-order valence-electron chi connectivity index (χ4n) is 3.41. The summed E-state index contributed by atoms with van der Waals surface area (Å²) in [4.78, 5) is 24.3. The Morgan fingerprint density at radius 3 is 2.62 bits per heavy atom. The molecule has 0 aliphatic heterocycles. The van der Waals surface area contributed by atoms with E-state index >= 15 is 0 Å². The van der Waals surface area contributed by atoms with Gasteiger partial charge in [-0.3, -0.25) is 14.3 Å². The molecule has 10 nitrogen and oxygen atoms in total. The number of ether oxygens (including phenoxy) is 2. The number of rotatable bonds is 14. The normalized spacial score (nSPS) is 11.4. The number of nitrogens with zero attached hydrogens (tertiary/aromatic N) is 5. The third-order valence-corrected chi connectivity index (χ3v) is 5.13. The summed E-state index contributed by atoms with van der Waals surface area (Å²) in [5.74, 6) is -0.662. The van der Waals surface area contributed by atoms with Crippen molar-refractivity contribution in [1.29, 1.82) is 0 Å². The minimum atomic E-state index is -4.80. The van der Waals surface area contributed by atoms with E-state index in [1.165, 1.54) is 12.1 Å². The summed E-state index contributed by atoms with van der Waals surface area (Å²) in [5.41, 5.74) is 1.45. The minimum Gasteiger partial charge on any atom is -0.406 e. The summed E-state index contributed by atoms with van der Waals surface area (Å²) in [7, 11) is 1.59. The molecule has 2 heterocycles. The Bertz CT molecular complexity index is 1170. The van der Waals surface area contributed by atoms with Crippen LogP contribution in [-0.2, 0) is 28.9 Å². The monoisotopic (exact) mass is 520 g/mol. The molecule has 0 fully saturated rings. The lowest BCUT2D eigenvalue weighted by Crippen LogP contribution is -2.18. The second-order valence-electron chi connectivity index (χ2n) is 8.17. The number of hydrogen-bond donors (Lipinski definition) is 1. The summed E-state index contributed by atoms with van der Waals surface area (Å²) in [6, 6.07) is 8.58. The van der Waals surface area contributed by atoms with Crippen LogP contribution < -0.4 is 10.1 Å². The molecule has 1 amide bonds. The van der Waals surface area contributed by atoms with Crippen molar-refractivity contribution in [2.45, 2.75) is 51.4 Å². The average molecular weight is 521 g/mol. The zero-order valence-corrected chi connectivity index (χ0v) is 20.2. The lowest BCUT2D eigenvalue weighted by Gasteiger charge is -2.10. The van der Waals surface area contributed by atoms with Gasteiger partial charge in [-0.1, -0.05) is 17.3 Å². The van der Waals surface area contributed by atoms with Gasteiger partial charge in [0.05, 0.1) is 18.3 Å². The molecule has 0 aliphatic rings. The molecule has 13 heteroatoms. The fourth-order valence-corrected chi connectivity index (χ4v) is 3.41. The van der Waals surface area contributed by atoms with Gasteiger partial charge in [-0.2, -0.15) is 5.10 Å². The van der Waals surface area contributed by atoms with Gasteiger partial charge in [0.15, 0.2) is 11.6 Å². The number of Topliss-reactive ketones (excluding diaryl/α,β-unsaturated/α-hetero) is 1. The Balaban J connectivity index is 1.38. The van der Waals surface area contributed by atoms with Gasteiger partial charge in [-0.05, 0) is 55.5 Å². The highest BCUT2D eigenvalue weighted by Gasteiger charge is 2.31. The molecule has 2 aromatic heterocycles. The molecular formula is C24H27F3N6O4. The van der Waals surface area contributed by atoms with E-state index < -0.39 is 18.0 Å². The Hall–Kier alpha value is -3.87. The first-order valence-electron chi connectivity index (χ1n) is 11.6. The van der Waals surface area contributed by atoms with Gasteiger partial charge in [-0.25, -0.2) is 0 Å². The lowest BCUT2D eigenvalue weighted by atomic mass is 10.1. The summed E-state index contributed by atoms with van der Waals surface area (Å²) in [5, 5.41) is 18.6. The first-order valence-corrected chi connectivity index (χ1v) is 11.6. The number of carbonyl (C=O) groups excluding carboxylic acids is 2. The van der Waals surface area contributed by atoms with Crippen LogP contribution >= 0.6 is 0 Å². The Morgan fingerprint density at radius 2 is 1.89 bits per heavy atom. The van der Waals surface area contributed by atoms with Crippen LogP contribution in [0, 0.1) is 0 Å². The van der Waals surface area contributed by atoms with E-state index in [-0.39, 0.29) is 18.0 Å². The van der Waals surface area contributed by atoms with E-state index in [1.54, 1.807) is 30.1 Å². The Kier molecular flexibility index (Phi) is 10.1. The number of unbranched alkanes of at least 4 members (excludes halogenated alkanes) is 1. The van der Waals surface area contributed by atoms with Crippen LogP contribution in [0.3, 0.4) is 0 Å². The van der Waals surface area contributed by atoms with Crippen LogP contribution in [0.2, 0.25) is 0 Å². The van der Waals surface area contributed by atoms with Gasteiger partial charge >= 0.3 is 6.36 Å². The molecule has 37 heavy (non-hydrogen) atoms. The smallest absolute Gasteiger partial charge is 0.406 e. The fraction of sp³-hybridized carbons (Fsp3) is 0.417. The number of benzene rings is 1. The summed E-state index contributed by atoms with van der Waals surface area (Å²) < 4.78 is 47.5. The second kappa shape index (κ2) is 13.4. The summed E-state index contributed by atoms with van der Waals surface area (Å²) in [6.45, 7) is 1.13. The van der Waals surface area contributed by atoms with Crippen molar-refractivity contribution in [2.75, 3.05) is 19.0 Å². The van der Waals surface area contributed by atoms with Crippen LogP contribution in [0.15, 0.2) is 42.6 Å². The van der Waals surface area contributed by atoms with Gasteiger partial charge in [-0.15, -0.1) is 23.4 Å². The maximum atomic E-state index is 12.4. The van der Waals surface area contributed by atoms with Crippen molar-refractivity contribution in [2.24, 2.45) is 0 Å². The Labute approximate surface area is 211 Å². The molecule has 0 atom stereocenters. The molecule has 3 aromatic rings. The second-order valence-corrected chi connectivity index (χ2v) is 8.17. The van der Waals surface area contributed by atoms with Crippen LogP contribution in [0.1, 0.15) is 47.4 Å². The number of alkyl halides is 3. The molecule has 1 aromatic carbocycles. The van der Waals surface area contributed by atoms with Crippen molar-refractivity contribution >= 4 is 17.5 Å². The highest BCUT2D eigenvalue weighted by molar-refractivity contribution is 5.93. The van der Waals surface area contributed by atoms with E-state index in [0.717, 1.165) is 30.7 Å². The number of amides is 1. The van der Waals surface area contributed by atoms with E-state index in [4.69, 9.17) is 4.74 Å². The first kappa shape index (κ1) is 27.7. The number of ketones is 1. The maximum absolute atomic E-state index is 12.4. The summed E-state index contributed by atoms with van der Waals surface area (Å²) in [6.07, 6.45) is -0.0572. The maximum Gasteiger partial charge on any atom is 0.573 e. The zero-order valence-electron chi connectivity index (χ0n) is 20.2. The van der Waals surface area contributed by atoms with E-state index in [2.05, 4.69) is 30.6 Å². The molecule has 0 aliphatic carbocycles. The molecule has 198 valence electrons. The van der Waals surface area contributed by atoms with Gasteiger partial charge in [0.25, 0.3) is 0 Å². The van der Waals surface area contributed by atoms with Gasteiger partial charge < -0.3 is 14.8 Å². The van der Waals surface area contributed by atoms with E-state index in [9.17, 15) is 22.8 Å². The highest BCUT2D eigenvalue weighted by Crippen LogP contribution is 2.23. The topological polar surface area (TPSA) is 121 Å². The van der Waals surface area contributed by atoms with Crippen molar-refractivity contribution in [1.82, 2.24) is 25.2 Å². The standard InChI is InChI=1S/C24H27F3N6O4/c1-36-13-5-9-21(34)20-16-33(32-30-20)12-3-2-7-18-10-11-22(31-29-18)28-23(35)15-17-6-4-8-19(14-17)37-24(25,26)27/h4,6,8,10-11,14,16H,2-3,5,7,9,12-13,15H2,1H3,(H,28,31,35). The number of carbonyl (C=O) groups is 2. The number of halogens is 3. The molecule has 3 rings (SSSR count). The minimum absolute atomic E-state index is 0.0604. The van der Waals surface area contributed by atoms with Crippen LogP contribution in [0.4, 0.5) is 19.0 Å². The van der Waals surface area contributed by atoms with Gasteiger partial charge in [0.1, 0.15) is 11.4 Å². The summed E-state index contributed by atoms with van der Waals surface area (Å²) >= 11 is 0. The molecular weight excluding hydrogens is 493 g/mol. The zero-order chi connectivity index (χ0) is 26.7. The Morgan fingerprint density at radius 1 is 1.05 bits per heavy atom. The largest absolute Gasteiger partial charge is 0.573 e. The van der Waals surface area contributed by atoms with Gasteiger partial charge in [0, 0.05) is 26.7 Å². The molecule has 0 spiro atoms. The van der Waals surface area contributed by atoms with Crippen LogP contribution in [0.25, 0.3) is 0 Å². The van der Waals surface area contributed by atoms with Crippen molar-refractivity contribution in [3.63, 3.8) is 0 Å². The molecule has 0 saturated carbocycles. The van der Waals surface area contributed by atoms with Crippen LogP contribution in [0.5, 0.6) is 5.75 Å². The molecule has 1 N–H and O–H groups in total. The van der Waals surface area contributed by atoms with Crippen molar-refractivity contribution < 1.29 is 32.2 Å². The predicted molar refractivity (Wildman–Crippen MR) is 126 cm³/mol. The van der Waals surface area contributed by atoms with Crippen molar-refractivity contribution in [3.8, 4) is 5.75 Å².